The third-order valence-electron chi connectivity index (χ3n) is 7.64. The predicted octanol–water partition coefficient (Wildman–Crippen LogP) is 3.58. The summed E-state index contributed by atoms with van der Waals surface area (Å²) in [6.07, 6.45) is 4.01. The molecule has 0 radical (unpaired) electrons. The Bertz CT molecular complexity index is 1720. The molecule has 0 bridgehead atoms. The lowest BCUT2D eigenvalue weighted by Crippen LogP contribution is -2.46. The smallest absolute Gasteiger partial charge is 0.341 e. The van der Waals surface area contributed by atoms with Gasteiger partial charge in [-0.25, -0.2) is 9.18 Å². The van der Waals surface area contributed by atoms with Gasteiger partial charge in [0, 0.05) is 73.4 Å². The SMILES string of the molecule is CNc1cc(F)cc2c1Cc1ncc(-c3ccc4ccc(C(=O)O)c(=O)n4c3)c(N3CCO[C@H](CN(C)C)C3)c1-2. The molecular weight excluding hydrogens is 513 g/mol. The van der Waals surface area contributed by atoms with Crippen molar-refractivity contribution in [1.82, 2.24) is 14.3 Å². The molecule has 1 saturated heterocycles. The topological polar surface area (TPSA) is 99.4 Å². The molecule has 4 aromatic rings. The van der Waals surface area contributed by atoms with Crippen LogP contribution in [0, 0.1) is 5.82 Å². The number of carbonyl (C=O) groups is 1. The molecule has 3 aromatic heterocycles. The second-order valence-corrected chi connectivity index (χ2v) is 10.5. The van der Waals surface area contributed by atoms with E-state index in [2.05, 4.69) is 15.1 Å². The number of hydrogen-bond donors (Lipinski definition) is 2. The van der Waals surface area contributed by atoms with Crippen LogP contribution in [0.4, 0.5) is 15.8 Å². The molecule has 9 nitrogen and oxygen atoms in total. The largest absolute Gasteiger partial charge is 0.477 e. The fraction of sp³-hybridized carbons (Fsp3) is 0.300. The van der Waals surface area contributed by atoms with Crippen molar-refractivity contribution < 1.29 is 19.0 Å². The Kier molecular flexibility index (Phi) is 6.52. The molecular formula is C30H30FN5O4. The third-order valence-corrected chi connectivity index (χ3v) is 7.64. The van der Waals surface area contributed by atoms with Gasteiger partial charge in [-0.2, -0.15) is 0 Å². The average molecular weight is 544 g/mol. The van der Waals surface area contributed by atoms with Crippen LogP contribution in [-0.4, -0.2) is 78.8 Å². The lowest BCUT2D eigenvalue weighted by Gasteiger charge is -2.37. The number of nitrogens with zero attached hydrogens (tertiary/aromatic N) is 4. The van der Waals surface area contributed by atoms with Crippen molar-refractivity contribution in [3.63, 3.8) is 0 Å². The van der Waals surface area contributed by atoms with Gasteiger partial charge in [0.1, 0.15) is 11.4 Å². The van der Waals surface area contributed by atoms with E-state index in [1.807, 2.05) is 20.2 Å². The maximum atomic E-state index is 14.8. The molecule has 206 valence electrons. The van der Waals surface area contributed by atoms with Gasteiger partial charge in [0.15, 0.2) is 0 Å². The molecule has 1 aliphatic heterocycles. The van der Waals surface area contributed by atoms with Gasteiger partial charge in [0.2, 0.25) is 0 Å². The number of ether oxygens (including phenoxy) is 1. The van der Waals surface area contributed by atoms with E-state index >= 15 is 0 Å². The maximum absolute atomic E-state index is 14.8. The summed E-state index contributed by atoms with van der Waals surface area (Å²) in [6, 6.07) is 9.70. The normalized spacial score (nSPS) is 16.3. The summed E-state index contributed by atoms with van der Waals surface area (Å²) in [5.74, 6) is -1.61. The third kappa shape index (κ3) is 4.39. The highest BCUT2D eigenvalue weighted by atomic mass is 19.1. The fourth-order valence-corrected chi connectivity index (χ4v) is 5.89. The van der Waals surface area contributed by atoms with Crippen LogP contribution in [0.3, 0.4) is 0 Å². The molecule has 6 rings (SSSR count). The first kappa shape index (κ1) is 26.0. The van der Waals surface area contributed by atoms with Gasteiger partial charge in [0.25, 0.3) is 5.56 Å². The number of aromatic nitrogens is 2. The first-order valence-corrected chi connectivity index (χ1v) is 13.2. The van der Waals surface area contributed by atoms with Crippen LogP contribution in [0.2, 0.25) is 0 Å². The Morgan fingerprint density at radius 3 is 2.77 bits per heavy atom. The standard InChI is InChI=1S/C30H30FN5O4/c1-32-25-11-18(31)10-23-22(25)12-26-27(23)28(35-8-9-40-20(16-35)15-34(2)3)24(13-33-26)17-4-5-19-6-7-21(30(38)39)29(37)36(19)14-17/h4-7,10-11,13-14,20,32H,8-9,12,15-16H2,1-3H3,(H,38,39)/t20-/m1/s1. The highest BCUT2D eigenvalue weighted by Gasteiger charge is 2.32. The van der Waals surface area contributed by atoms with Crippen LogP contribution < -0.4 is 15.8 Å². The summed E-state index contributed by atoms with van der Waals surface area (Å²) in [5.41, 5.74) is 6.32. The summed E-state index contributed by atoms with van der Waals surface area (Å²) >= 11 is 0. The number of likely N-dealkylation sites (N-methyl/N-ethyl adjacent to an activating group) is 1. The summed E-state index contributed by atoms with van der Waals surface area (Å²) < 4.78 is 22.3. The quantitative estimate of drug-likeness (QED) is 0.335. The monoisotopic (exact) mass is 543 g/mol. The van der Waals surface area contributed by atoms with Gasteiger partial charge in [0.05, 0.1) is 24.1 Å². The number of nitrogens with one attached hydrogen (secondary N) is 1. The lowest BCUT2D eigenvalue weighted by molar-refractivity contribution is 0.0248. The number of morpholine rings is 1. The van der Waals surface area contributed by atoms with Gasteiger partial charge in [-0.3, -0.25) is 14.2 Å². The Morgan fingerprint density at radius 2 is 2.02 bits per heavy atom. The van der Waals surface area contributed by atoms with Crippen LogP contribution in [0.15, 0.2) is 53.6 Å². The number of carboxylic acids is 1. The summed E-state index contributed by atoms with van der Waals surface area (Å²) in [6.45, 7) is 2.54. The number of halogens is 1. The molecule has 0 unspecified atom stereocenters. The Balaban J connectivity index is 1.59. The number of pyridine rings is 3. The minimum absolute atomic E-state index is 0.0287. The first-order valence-electron chi connectivity index (χ1n) is 13.2. The molecule has 0 saturated carbocycles. The first-order chi connectivity index (χ1) is 19.2. The maximum Gasteiger partial charge on any atom is 0.341 e. The zero-order valence-corrected chi connectivity index (χ0v) is 22.6. The molecule has 4 heterocycles. The van der Waals surface area contributed by atoms with Crippen molar-refractivity contribution in [3.8, 4) is 22.3 Å². The minimum atomic E-state index is -1.27. The second-order valence-electron chi connectivity index (χ2n) is 10.5. The van der Waals surface area contributed by atoms with E-state index in [-0.39, 0.29) is 17.5 Å². The minimum Gasteiger partial charge on any atom is -0.477 e. The molecule has 1 aliphatic carbocycles. The van der Waals surface area contributed by atoms with E-state index in [1.54, 1.807) is 37.6 Å². The molecule has 10 heteroatoms. The van der Waals surface area contributed by atoms with E-state index in [1.165, 1.54) is 16.5 Å². The molecule has 1 fully saturated rings. The molecule has 0 spiro atoms. The molecule has 40 heavy (non-hydrogen) atoms. The number of anilines is 2. The van der Waals surface area contributed by atoms with Crippen LogP contribution >= 0.6 is 0 Å². The molecule has 2 N–H and O–H groups in total. The van der Waals surface area contributed by atoms with E-state index in [0.717, 1.165) is 45.9 Å². The van der Waals surface area contributed by atoms with Crippen molar-refractivity contribution in [1.29, 1.82) is 0 Å². The Hall–Kier alpha value is -4.28. The van der Waals surface area contributed by atoms with E-state index in [9.17, 15) is 19.1 Å². The van der Waals surface area contributed by atoms with Crippen LogP contribution in [0.5, 0.6) is 0 Å². The lowest BCUT2D eigenvalue weighted by atomic mass is 9.97. The molecule has 1 atom stereocenters. The summed E-state index contributed by atoms with van der Waals surface area (Å²) in [4.78, 5) is 33.9. The zero-order valence-electron chi connectivity index (χ0n) is 22.6. The van der Waals surface area contributed by atoms with Gasteiger partial charge >= 0.3 is 5.97 Å². The average Bonchev–Trinajstić information content (AvgIpc) is 3.30. The van der Waals surface area contributed by atoms with E-state index in [4.69, 9.17) is 9.72 Å². The van der Waals surface area contributed by atoms with Gasteiger partial charge in [-0.15, -0.1) is 0 Å². The number of carboxylic acid groups (broad SMARTS) is 1. The Labute approximate surface area is 230 Å². The van der Waals surface area contributed by atoms with Gasteiger partial charge in [-0.1, -0.05) is 6.07 Å². The fourth-order valence-electron chi connectivity index (χ4n) is 5.89. The van der Waals surface area contributed by atoms with Crippen molar-refractivity contribution in [2.75, 3.05) is 57.6 Å². The van der Waals surface area contributed by atoms with Crippen LogP contribution in [-0.2, 0) is 11.2 Å². The zero-order chi connectivity index (χ0) is 28.1. The van der Waals surface area contributed by atoms with E-state index < -0.39 is 11.5 Å². The van der Waals surface area contributed by atoms with E-state index in [0.29, 0.717) is 37.2 Å². The molecule has 1 aromatic carbocycles. The Morgan fingerprint density at radius 1 is 1.23 bits per heavy atom. The van der Waals surface area contributed by atoms with Crippen molar-refractivity contribution in [2.45, 2.75) is 12.5 Å². The van der Waals surface area contributed by atoms with Gasteiger partial charge < -0.3 is 25.0 Å². The van der Waals surface area contributed by atoms with Crippen molar-refractivity contribution in [2.24, 2.45) is 0 Å². The number of aromatic carboxylic acids is 1. The number of fused-ring (bicyclic) bond motifs is 4. The number of benzene rings is 1. The number of hydrogen-bond acceptors (Lipinski definition) is 7. The second kappa shape index (κ2) is 10.0. The van der Waals surface area contributed by atoms with Crippen molar-refractivity contribution in [3.05, 3.63) is 81.8 Å². The van der Waals surface area contributed by atoms with Crippen molar-refractivity contribution >= 4 is 22.9 Å². The summed E-state index contributed by atoms with van der Waals surface area (Å²) in [7, 11) is 5.80. The van der Waals surface area contributed by atoms with Crippen LogP contribution in [0.25, 0.3) is 27.8 Å². The number of rotatable bonds is 6. The highest BCUT2D eigenvalue weighted by molar-refractivity contribution is 5.96. The highest BCUT2D eigenvalue weighted by Crippen LogP contribution is 2.48. The summed E-state index contributed by atoms with van der Waals surface area (Å²) in [5, 5.41) is 12.6. The predicted molar refractivity (Wildman–Crippen MR) is 152 cm³/mol. The van der Waals surface area contributed by atoms with Gasteiger partial charge in [-0.05, 0) is 55.6 Å². The molecule has 2 aliphatic rings. The molecule has 0 amide bonds. The van der Waals surface area contributed by atoms with Crippen LogP contribution in [0.1, 0.15) is 21.6 Å².